The summed E-state index contributed by atoms with van der Waals surface area (Å²) in [5.41, 5.74) is 2.22. The summed E-state index contributed by atoms with van der Waals surface area (Å²) in [6, 6.07) is 24.4. The summed E-state index contributed by atoms with van der Waals surface area (Å²) in [6.45, 7) is 2.34. The van der Waals surface area contributed by atoms with Crippen molar-refractivity contribution in [3.63, 3.8) is 0 Å². The molecule has 0 saturated carbocycles. The number of hydrogen-bond donors (Lipinski definition) is 1. The van der Waals surface area contributed by atoms with Crippen molar-refractivity contribution >= 4 is 23.5 Å². The Morgan fingerprint density at radius 1 is 0.967 bits per heavy atom. The zero-order chi connectivity index (χ0) is 21.1. The number of benzene rings is 3. The molecule has 4 rings (SSSR count). The molecular formula is C26H23NO3. The molecule has 0 aliphatic carbocycles. The maximum atomic E-state index is 13.3. The molecule has 1 aliphatic rings. The summed E-state index contributed by atoms with van der Waals surface area (Å²) in [5, 5.41) is 11.4. The Labute approximate surface area is 176 Å². The third-order valence-electron chi connectivity index (χ3n) is 5.52. The molecular weight excluding hydrogens is 374 g/mol. The largest absolute Gasteiger partial charge is 0.375 e. The third-order valence-corrected chi connectivity index (χ3v) is 5.52. The monoisotopic (exact) mass is 397 g/mol. The lowest BCUT2D eigenvalue weighted by Crippen LogP contribution is -2.41. The first kappa shape index (κ1) is 19.8. The van der Waals surface area contributed by atoms with Gasteiger partial charge in [-0.15, -0.1) is 0 Å². The summed E-state index contributed by atoms with van der Waals surface area (Å²) >= 11 is 0. The van der Waals surface area contributed by atoms with E-state index >= 15 is 0 Å². The summed E-state index contributed by atoms with van der Waals surface area (Å²) < 4.78 is 0. The average molecular weight is 397 g/mol. The number of carbonyl (C=O) groups excluding carboxylic acids is 2. The fourth-order valence-electron chi connectivity index (χ4n) is 3.86. The molecule has 4 nitrogen and oxygen atoms in total. The summed E-state index contributed by atoms with van der Waals surface area (Å²) in [5.74, 6) is -0.768. The Morgan fingerprint density at radius 3 is 2.40 bits per heavy atom. The van der Waals surface area contributed by atoms with Gasteiger partial charge in [0.2, 0.25) is 0 Å². The van der Waals surface area contributed by atoms with Crippen LogP contribution in [0.1, 0.15) is 28.7 Å². The van der Waals surface area contributed by atoms with E-state index in [1.165, 1.54) is 6.08 Å². The normalized spacial score (nSPS) is 18.1. The molecule has 30 heavy (non-hydrogen) atoms. The number of hydrogen-bond acceptors (Lipinski definition) is 3. The molecule has 3 aromatic carbocycles. The average Bonchev–Trinajstić information content (AvgIpc) is 2.96. The van der Waals surface area contributed by atoms with Crippen molar-refractivity contribution < 1.29 is 14.7 Å². The first-order chi connectivity index (χ1) is 14.5. The SMILES string of the molecule is Cc1ccccc1CN1C(=O)C(O)(CC(=O)C=Cc2ccccc2)c2ccccc21. The lowest BCUT2D eigenvalue weighted by molar-refractivity contribution is -0.140. The van der Waals surface area contributed by atoms with Gasteiger partial charge in [-0.25, -0.2) is 0 Å². The fourth-order valence-corrected chi connectivity index (χ4v) is 3.86. The van der Waals surface area contributed by atoms with E-state index in [1.807, 2.05) is 73.7 Å². The minimum Gasteiger partial charge on any atom is -0.375 e. The zero-order valence-corrected chi connectivity index (χ0v) is 16.8. The number of ketones is 1. The number of aryl methyl sites for hydroxylation is 1. The summed E-state index contributed by atoms with van der Waals surface area (Å²) in [4.78, 5) is 27.5. The van der Waals surface area contributed by atoms with Gasteiger partial charge in [0, 0.05) is 5.56 Å². The second kappa shape index (κ2) is 8.09. The molecule has 1 amide bonds. The number of anilines is 1. The van der Waals surface area contributed by atoms with Crippen LogP contribution in [0.3, 0.4) is 0 Å². The standard InChI is InChI=1S/C26H23NO3/c1-19-9-5-6-12-21(19)18-27-24-14-8-7-13-23(24)26(30,25(27)29)17-22(28)16-15-20-10-3-2-4-11-20/h2-16,30H,17-18H2,1H3. The third kappa shape index (κ3) is 3.70. The molecule has 4 heteroatoms. The quantitative estimate of drug-likeness (QED) is 0.627. The smallest absolute Gasteiger partial charge is 0.264 e. The number of rotatable bonds is 6. The number of para-hydroxylation sites is 1. The summed E-state index contributed by atoms with van der Waals surface area (Å²) in [6.07, 6.45) is 2.83. The van der Waals surface area contributed by atoms with Crippen LogP contribution in [0.15, 0.2) is 84.9 Å². The van der Waals surface area contributed by atoms with Crippen LogP contribution < -0.4 is 4.90 Å². The molecule has 0 spiro atoms. The molecule has 3 aromatic rings. The van der Waals surface area contributed by atoms with Crippen molar-refractivity contribution in [3.05, 3.63) is 107 Å². The van der Waals surface area contributed by atoms with Gasteiger partial charge >= 0.3 is 0 Å². The van der Waals surface area contributed by atoms with Gasteiger partial charge in [0.05, 0.1) is 18.7 Å². The number of nitrogens with zero attached hydrogens (tertiary/aromatic N) is 1. The molecule has 0 radical (unpaired) electrons. The molecule has 1 atom stereocenters. The van der Waals surface area contributed by atoms with Crippen molar-refractivity contribution in [2.45, 2.75) is 25.5 Å². The Bertz CT molecular complexity index is 1120. The molecule has 1 unspecified atom stereocenters. The predicted molar refractivity (Wildman–Crippen MR) is 118 cm³/mol. The molecule has 0 saturated heterocycles. The molecule has 150 valence electrons. The number of amides is 1. The van der Waals surface area contributed by atoms with Gasteiger partial charge in [0.25, 0.3) is 5.91 Å². The number of aliphatic hydroxyl groups is 1. The minimum absolute atomic E-state index is 0.295. The molecule has 0 bridgehead atoms. The van der Waals surface area contributed by atoms with Gasteiger partial charge in [0.15, 0.2) is 11.4 Å². The second-order valence-corrected chi connectivity index (χ2v) is 7.58. The van der Waals surface area contributed by atoms with Crippen molar-refractivity contribution in [3.8, 4) is 0 Å². The van der Waals surface area contributed by atoms with Crippen molar-refractivity contribution in [2.75, 3.05) is 4.90 Å². The molecule has 1 heterocycles. The van der Waals surface area contributed by atoms with Gasteiger partial charge in [-0.2, -0.15) is 0 Å². The zero-order valence-electron chi connectivity index (χ0n) is 16.8. The van der Waals surface area contributed by atoms with Crippen LogP contribution in [-0.2, 0) is 21.7 Å². The predicted octanol–water partition coefficient (Wildman–Crippen LogP) is 4.40. The van der Waals surface area contributed by atoms with Crippen LogP contribution in [0.2, 0.25) is 0 Å². The van der Waals surface area contributed by atoms with E-state index in [1.54, 1.807) is 23.1 Å². The van der Waals surface area contributed by atoms with Crippen LogP contribution in [0, 0.1) is 6.92 Å². The lowest BCUT2D eigenvalue weighted by Gasteiger charge is -2.23. The highest BCUT2D eigenvalue weighted by molar-refractivity contribution is 6.10. The highest BCUT2D eigenvalue weighted by Crippen LogP contribution is 2.43. The van der Waals surface area contributed by atoms with Crippen LogP contribution >= 0.6 is 0 Å². The van der Waals surface area contributed by atoms with Crippen LogP contribution in [0.4, 0.5) is 5.69 Å². The first-order valence-corrected chi connectivity index (χ1v) is 9.93. The van der Waals surface area contributed by atoms with E-state index in [2.05, 4.69) is 0 Å². The molecule has 0 aromatic heterocycles. The summed E-state index contributed by atoms with van der Waals surface area (Å²) in [7, 11) is 0. The van der Waals surface area contributed by atoms with Crippen molar-refractivity contribution in [2.24, 2.45) is 0 Å². The maximum Gasteiger partial charge on any atom is 0.264 e. The number of fused-ring (bicyclic) bond motifs is 1. The van der Waals surface area contributed by atoms with E-state index in [0.717, 1.165) is 16.7 Å². The minimum atomic E-state index is -1.86. The van der Waals surface area contributed by atoms with Crippen LogP contribution in [0.25, 0.3) is 6.08 Å². The lowest BCUT2D eigenvalue weighted by atomic mass is 9.89. The Balaban J connectivity index is 1.61. The van der Waals surface area contributed by atoms with Crippen LogP contribution in [0.5, 0.6) is 0 Å². The Hall–Kier alpha value is -3.50. The Kier molecular flexibility index (Phi) is 5.34. The fraction of sp³-hybridized carbons (Fsp3) is 0.154. The van der Waals surface area contributed by atoms with Crippen LogP contribution in [-0.4, -0.2) is 16.8 Å². The van der Waals surface area contributed by atoms with Gasteiger partial charge in [-0.1, -0.05) is 78.9 Å². The van der Waals surface area contributed by atoms with Gasteiger partial charge in [0.1, 0.15) is 0 Å². The van der Waals surface area contributed by atoms with E-state index in [4.69, 9.17) is 0 Å². The highest BCUT2D eigenvalue weighted by atomic mass is 16.3. The Morgan fingerprint density at radius 2 is 1.63 bits per heavy atom. The molecule has 1 N–H and O–H groups in total. The highest BCUT2D eigenvalue weighted by Gasteiger charge is 2.50. The maximum absolute atomic E-state index is 13.3. The van der Waals surface area contributed by atoms with Crippen molar-refractivity contribution in [1.29, 1.82) is 0 Å². The second-order valence-electron chi connectivity index (χ2n) is 7.58. The van der Waals surface area contributed by atoms with Crippen molar-refractivity contribution in [1.82, 2.24) is 0 Å². The number of carbonyl (C=O) groups is 2. The van der Waals surface area contributed by atoms with E-state index in [-0.39, 0.29) is 12.2 Å². The first-order valence-electron chi connectivity index (χ1n) is 9.93. The molecule has 1 aliphatic heterocycles. The van der Waals surface area contributed by atoms with Gasteiger partial charge < -0.3 is 10.0 Å². The van der Waals surface area contributed by atoms with Gasteiger partial charge in [-0.05, 0) is 35.8 Å². The number of allylic oxidation sites excluding steroid dienone is 1. The van der Waals surface area contributed by atoms with Gasteiger partial charge in [-0.3, -0.25) is 9.59 Å². The van der Waals surface area contributed by atoms with E-state index < -0.39 is 11.5 Å². The topological polar surface area (TPSA) is 57.6 Å². The van der Waals surface area contributed by atoms with E-state index in [0.29, 0.717) is 17.8 Å². The molecule has 0 fully saturated rings. The van der Waals surface area contributed by atoms with E-state index in [9.17, 15) is 14.7 Å².